The minimum absolute atomic E-state index is 0.177. The molecule has 1 N–H and O–H groups in total. The molecule has 74 valence electrons. The van der Waals surface area contributed by atoms with Gasteiger partial charge in [-0.15, -0.1) is 0 Å². The maximum atomic E-state index is 11.7. The molecular weight excluding hydrogens is 183 g/mol. The van der Waals surface area contributed by atoms with Crippen LogP contribution in [0.15, 0.2) is 12.5 Å². The van der Waals surface area contributed by atoms with Crippen LogP contribution < -0.4 is 5.32 Å². The Morgan fingerprint density at radius 3 is 2.69 bits per heavy atom. The number of hydrogen-bond donors (Lipinski definition) is 1. The standard InChI is InChI=1S/C7H10F3N3/c1-13-5-12-3-6(13)2-11-4-7(8,9)10/h3,5,11H,2,4H2,1H3. The van der Waals surface area contributed by atoms with Gasteiger partial charge < -0.3 is 9.88 Å². The van der Waals surface area contributed by atoms with Gasteiger partial charge in [0.05, 0.1) is 18.6 Å². The van der Waals surface area contributed by atoms with E-state index >= 15 is 0 Å². The molecule has 1 rings (SSSR count). The summed E-state index contributed by atoms with van der Waals surface area (Å²) in [7, 11) is 1.73. The number of aryl methyl sites for hydroxylation is 1. The lowest BCUT2D eigenvalue weighted by Crippen LogP contribution is -2.28. The Morgan fingerprint density at radius 1 is 1.54 bits per heavy atom. The molecule has 13 heavy (non-hydrogen) atoms. The summed E-state index contributed by atoms with van der Waals surface area (Å²) in [4.78, 5) is 3.78. The summed E-state index contributed by atoms with van der Waals surface area (Å²) in [6.45, 7) is -0.797. The van der Waals surface area contributed by atoms with E-state index in [1.54, 1.807) is 17.9 Å². The first-order valence-electron chi connectivity index (χ1n) is 3.72. The van der Waals surface area contributed by atoms with Crippen molar-refractivity contribution in [2.75, 3.05) is 6.54 Å². The third-order valence-corrected chi connectivity index (χ3v) is 1.55. The highest BCUT2D eigenvalue weighted by molar-refractivity contribution is 4.96. The summed E-state index contributed by atoms with van der Waals surface area (Å²) in [5, 5.41) is 2.28. The minimum Gasteiger partial charge on any atom is -0.337 e. The van der Waals surface area contributed by atoms with Crippen LogP contribution in [0.1, 0.15) is 5.69 Å². The van der Waals surface area contributed by atoms with Crippen LogP contribution in [0, 0.1) is 0 Å². The van der Waals surface area contributed by atoms with Crippen LogP contribution in [0.5, 0.6) is 0 Å². The average Bonchev–Trinajstić information content (AvgIpc) is 2.34. The average molecular weight is 193 g/mol. The fourth-order valence-corrected chi connectivity index (χ4v) is 0.887. The lowest BCUT2D eigenvalue weighted by Gasteiger charge is -2.07. The number of halogens is 3. The van der Waals surface area contributed by atoms with Crippen molar-refractivity contribution >= 4 is 0 Å². The molecule has 0 unspecified atom stereocenters. The van der Waals surface area contributed by atoms with Gasteiger partial charge in [0.1, 0.15) is 0 Å². The molecule has 1 heterocycles. The van der Waals surface area contributed by atoms with E-state index in [1.165, 1.54) is 6.20 Å². The van der Waals surface area contributed by atoms with Crippen molar-refractivity contribution in [2.45, 2.75) is 12.7 Å². The van der Waals surface area contributed by atoms with Gasteiger partial charge >= 0.3 is 6.18 Å². The molecule has 0 spiro atoms. The van der Waals surface area contributed by atoms with Crippen LogP contribution in [-0.2, 0) is 13.6 Å². The second-order valence-corrected chi connectivity index (χ2v) is 2.71. The maximum Gasteiger partial charge on any atom is 0.401 e. The van der Waals surface area contributed by atoms with Crippen molar-refractivity contribution in [3.05, 3.63) is 18.2 Å². The highest BCUT2D eigenvalue weighted by atomic mass is 19.4. The normalized spacial score (nSPS) is 12.0. The molecule has 0 bridgehead atoms. The second kappa shape index (κ2) is 3.78. The van der Waals surface area contributed by atoms with Gasteiger partial charge in [-0.25, -0.2) is 4.98 Å². The molecule has 6 heteroatoms. The van der Waals surface area contributed by atoms with Gasteiger partial charge in [0.25, 0.3) is 0 Å². The first-order chi connectivity index (χ1) is 5.99. The molecule has 0 amide bonds. The zero-order chi connectivity index (χ0) is 9.90. The topological polar surface area (TPSA) is 29.9 Å². The monoisotopic (exact) mass is 193 g/mol. The molecule has 0 saturated heterocycles. The Labute approximate surface area is 73.6 Å². The predicted molar refractivity (Wildman–Crippen MR) is 41.0 cm³/mol. The van der Waals surface area contributed by atoms with Crippen LogP contribution >= 0.6 is 0 Å². The highest BCUT2D eigenvalue weighted by Crippen LogP contribution is 2.12. The third kappa shape index (κ3) is 3.45. The third-order valence-electron chi connectivity index (χ3n) is 1.55. The van der Waals surface area contributed by atoms with Gasteiger partial charge in [0, 0.05) is 19.8 Å². The molecule has 0 radical (unpaired) electrons. The molecule has 0 aliphatic heterocycles. The molecular formula is C7H10F3N3. The molecule has 3 nitrogen and oxygen atoms in total. The molecule has 0 aromatic carbocycles. The van der Waals surface area contributed by atoms with Crippen molar-refractivity contribution in [1.82, 2.24) is 14.9 Å². The van der Waals surface area contributed by atoms with Crippen molar-refractivity contribution in [1.29, 1.82) is 0 Å². The van der Waals surface area contributed by atoms with E-state index < -0.39 is 12.7 Å². The number of hydrogen-bond acceptors (Lipinski definition) is 2. The van der Waals surface area contributed by atoms with E-state index in [1.807, 2.05) is 0 Å². The van der Waals surface area contributed by atoms with Gasteiger partial charge in [-0.05, 0) is 0 Å². The zero-order valence-electron chi connectivity index (χ0n) is 7.10. The quantitative estimate of drug-likeness (QED) is 0.778. The molecule has 0 aliphatic rings. The van der Waals surface area contributed by atoms with E-state index in [-0.39, 0.29) is 6.54 Å². The van der Waals surface area contributed by atoms with Gasteiger partial charge in [0.15, 0.2) is 0 Å². The van der Waals surface area contributed by atoms with E-state index in [0.717, 1.165) is 5.69 Å². The van der Waals surface area contributed by atoms with Crippen molar-refractivity contribution < 1.29 is 13.2 Å². The SMILES string of the molecule is Cn1cncc1CNCC(F)(F)F. The number of nitrogens with one attached hydrogen (secondary N) is 1. The van der Waals surface area contributed by atoms with E-state index in [0.29, 0.717) is 0 Å². The van der Waals surface area contributed by atoms with Crippen LogP contribution in [-0.4, -0.2) is 22.3 Å². The number of alkyl halides is 3. The zero-order valence-corrected chi connectivity index (χ0v) is 7.10. The molecule has 0 saturated carbocycles. The summed E-state index contributed by atoms with van der Waals surface area (Å²) in [6, 6.07) is 0. The van der Waals surface area contributed by atoms with E-state index in [2.05, 4.69) is 10.3 Å². The van der Waals surface area contributed by atoms with Gasteiger partial charge in [-0.1, -0.05) is 0 Å². The highest BCUT2D eigenvalue weighted by Gasteiger charge is 2.26. The van der Waals surface area contributed by atoms with Crippen LogP contribution in [0.3, 0.4) is 0 Å². The first kappa shape index (κ1) is 10.0. The summed E-state index contributed by atoms with van der Waals surface area (Å²) in [5.41, 5.74) is 0.726. The minimum atomic E-state index is -4.15. The number of rotatable bonds is 3. The Bertz CT molecular complexity index is 266. The Morgan fingerprint density at radius 2 is 2.23 bits per heavy atom. The lowest BCUT2D eigenvalue weighted by molar-refractivity contribution is -0.125. The fourth-order valence-electron chi connectivity index (χ4n) is 0.887. The predicted octanol–water partition coefficient (Wildman–Crippen LogP) is 1.07. The van der Waals surface area contributed by atoms with E-state index in [4.69, 9.17) is 0 Å². The Kier molecular flexibility index (Phi) is 2.92. The number of imidazole rings is 1. The Hall–Kier alpha value is -1.04. The van der Waals surface area contributed by atoms with E-state index in [9.17, 15) is 13.2 Å². The summed E-state index contributed by atoms with van der Waals surface area (Å²) in [5.74, 6) is 0. The lowest BCUT2D eigenvalue weighted by atomic mass is 10.4. The van der Waals surface area contributed by atoms with Crippen molar-refractivity contribution in [2.24, 2.45) is 7.05 Å². The van der Waals surface area contributed by atoms with Crippen molar-refractivity contribution in [3.8, 4) is 0 Å². The van der Waals surface area contributed by atoms with Gasteiger partial charge in [0.2, 0.25) is 0 Å². The van der Waals surface area contributed by atoms with Crippen LogP contribution in [0.2, 0.25) is 0 Å². The van der Waals surface area contributed by atoms with Gasteiger partial charge in [-0.2, -0.15) is 13.2 Å². The second-order valence-electron chi connectivity index (χ2n) is 2.71. The maximum absolute atomic E-state index is 11.7. The molecule has 0 aliphatic carbocycles. The summed E-state index contributed by atoms with van der Waals surface area (Å²) < 4.78 is 36.8. The van der Waals surface area contributed by atoms with Crippen LogP contribution in [0.25, 0.3) is 0 Å². The molecule has 0 atom stereocenters. The fraction of sp³-hybridized carbons (Fsp3) is 0.571. The Balaban J connectivity index is 2.32. The number of nitrogens with zero attached hydrogens (tertiary/aromatic N) is 2. The first-order valence-corrected chi connectivity index (χ1v) is 3.72. The van der Waals surface area contributed by atoms with Crippen molar-refractivity contribution in [3.63, 3.8) is 0 Å². The summed E-state index contributed by atoms with van der Waals surface area (Å²) >= 11 is 0. The largest absolute Gasteiger partial charge is 0.401 e. The number of aromatic nitrogens is 2. The smallest absolute Gasteiger partial charge is 0.337 e. The van der Waals surface area contributed by atoms with Crippen LogP contribution in [0.4, 0.5) is 13.2 Å². The van der Waals surface area contributed by atoms with Gasteiger partial charge in [-0.3, -0.25) is 0 Å². The summed E-state index contributed by atoms with van der Waals surface area (Å²) in [6.07, 6.45) is -1.08. The molecule has 0 fully saturated rings. The molecule has 1 aromatic rings. The molecule has 1 aromatic heterocycles.